The smallest absolute Gasteiger partial charge is 0.258 e. The third-order valence-electron chi connectivity index (χ3n) is 3.62. The predicted octanol–water partition coefficient (Wildman–Crippen LogP) is 1.47. The normalized spacial score (nSPS) is 20.2. The summed E-state index contributed by atoms with van der Waals surface area (Å²) in [5.74, 6) is 0.372. The van der Waals surface area contributed by atoms with Crippen molar-refractivity contribution in [3.05, 3.63) is 46.0 Å². The van der Waals surface area contributed by atoms with Crippen LogP contribution in [-0.4, -0.2) is 22.5 Å². The highest BCUT2D eigenvalue weighted by molar-refractivity contribution is 5.40. The van der Waals surface area contributed by atoms with E-state index in [0.29, 0.717) is 5.92 Å². The molecule has 0 aliphatic carbocycles. The lowest BCUT2D eigenvalue weighted by Gasteiger charge is -2.22. The van der Waals surface area contributed by atoms with Crippen LogP contribution >= 0.6 is 0 Å². The van der Waals surface area contributed by atoms with Gasteiger partial charge in [-0.2, -0.15) is 0 Å². The highest BCUT2D eigenvalue weighted by Gasteiger charge is 2.17. The number of hydrogen-bond acceptors (Lipinski definition) is 3. The Morgan fingerprint density at radius 3 is 3.11 bits per heavy atom. The largest absolute Gasteiger partial charge is 0.316 e. The summed E-state index contributed by atoms with van der Waals surface area (Å²) in [6, 6.07) is 7.46. The summed E-state index contributed by atoms with van der Waals surface area (Å²) in [4.78, 5) is 16.8. The molecular formula is C14H17N3O. The third kappa shape index (κ3) is 1.93. The van der Waals surface area contributed by atoms with Crippen LogP contribution in [0.3, 0.4) is 0 Å². The Bertz CT molecular complexity index is 626. The molecule has 3 heterocycles. The molecule has 4 heteroatoms. The van der Waals surface area contributed by atoms with E-state index in [1.807, 2.05) is 25.1 Å². The van der Waals surface area contributed by atoms with Crippen LogP contribution in [0.5, 0.6) is 0 Å². The lowest BCUT2D eigenvalue weighted by Crippen LogP contribution is -2.30. The minimum absolute atomic E-state index is 0.0265. The Morgan fingerprint density at radius 1 is 1.44 bits per heavy atom. The minimum atomic E-state index is 0.0265. The van der Waals surface area contributed by atoms with E-state index in [9.17, 15) is 4.79 Å². The zero-order chi connectivity index (χ0) is 12.5. The van der Waals surface area contributed by atoms with Gasteiger partial charge in [0.2, 0.25) is 0 Å². The summed E-state index contributed by atoms with van der Waals surface area (Å²) < 4.78 is 1.67. The van der Waals surface area contributed by atoms with Gasteiger partial charge >= 0.3 is 0 Å². The molecule has 1 saturated heterocycles. The van der Waals surface area contributed by atoms with Gasteiger partial charge in [-0.15, -0.1) is 0 Å². The maximum absolute atomic E-state index is 12.2. The first-order valence-electron chi connectivity index (χ1n) is 6.46. The average Bonchev–Trinajstić information content (AvgIpc) is 2.39. The number of rotatable bonds is 1. The molecule has 0 radical (unpaired) electrons. The molecule has 1 unspecified atom stereocenters. The number of hydrogen-bond donors (Lipinski definition) is 1. The number of aryl methyl sites for hydroxylation is 1. The fourth-order valence-electron chi connectivity index (χ4n) is 2.65. The van der Waals surface area contributed by atoms with Crippen molar-refractivity contribution in [2.75, 3.05) is 13.1 Å². The second kappa shape index (κ2) is 4.53. The van der Waals surface area contributed by atoms with Gasteiger partial charge < -0.3 is 5.32 Å². The van der Waals surface area contributed by atoms with E-state index in [0.717, 1.165) is 43.0 Å². The van der Waals surface area contributed by atoms with Crippen LogP contribution in [0.2, 0.25) is 0 Å². The van der Waals surface area contributed by atoms with Gasteiger partial charge in [-0.25, -0.2) is 4.98 Å². The summed E-state index contributed by atoms with van der Waals surface area (Å²) in [5, 5.41) is 3.36. The fourth-order valence-corrected chi connectivity index (χ4v) is 2.65. The molecule has 1 aliphatic rings. The second-order valence-corrected chi connectivity index (χ2v) is 4.92. The SMILES string of the molecule is Cc1cccc2nc(C3CCCNC3)cc(=O)n12. The van der Waals surface area contributed by atoms with Crippen molar-refractivity contribution in [2.24, 2.45) is 0 Å². The number of fused-ring (bicyclic) bond motifs is 1. The van der Waals surface area contributed by atoms with E-state index in [4.69, 9.17) is 0 Å². The summed E-state index contributed by atoms with van der Waals surface area (Å²) in [6.07, 6.45) is 2.26. The maximum atomic E-state index is 12.2. The van der Waals surface area contributed by atoms with Gasteiger partial charge in [-0.05, 0) is 38.4 Å². The Hall–Kier alpha value is -1.68. The molecule has 2 aromatic heterocycles. The number of pyridine rings is 1. The van der Waals surface area contributed by atoms with Crippen molar-refractivity contribution in [3.63, 3.8) is 0 Å². The van der Waals surface area contributed by atoms with Crippen molar-refractivity contribution in [1.29, 1.82) is 0 Å². The van der Waals surface area contributed by atoms with Crippen molar-refractivity contribution < 1.29 is 0 Å². The molecule has 94 valence electrons. The Labute approximate surface area is 106 Å². The fraction of sp³-hybridized carbons (Fsp3) is 0.429. The summed E-state index contributed by atoms with van der Waals surface area (Å²) in [5.41, 5.74) is 2.64. The van der Waals surface area contributed by atoms with Crippen molar-refractivity contribution >= 4 is 5.65 Å². The Balaban J connectivity index is 2.12. The molecule has 0 saturated carbocycles. The van der Waals surface area contributed by atoms with E-state index < -0.39 is 0 Å². The van der Waals surface area contributed by atoms with E-state index in [2.05, 4.69) is 10.3 Å². The van der Waals surface area contributed by atoms with Crippen molar-refractivity contribution in [3.8, 4) is 0 Å². The molecule has 0 amide bonds. The van der Waals surface area contributed by atoms with E-state index in [1.165, 1.54) is 0 Å². The molecule has 4 nitrogen and oxygen atoms in total. The van der Waals surface area contributed by atoms with Gasteiger partial charge in [0.1, 0.15) is 5.65 Å². The lowest BCUT2D eigenvalue weighted by atomic mass is 9.96. The number of nitrogens with zero attached hydrogens (tertiary/aromatic N) is 2. The van der Waals surface area contributed by atoms with Crippen LogP contribution in [-0.2, 0) is 0 Å². The van der Waals surface area contributed by atoms with Gasteiger partial charge in [-0.3, -0.25) is 9.20 Å². The Morgan fingerprint density at radius 2 is 2.33 bits per heavy atom. The minimum Gasteiger partial charge on any atom is -0.316 e. The molecular weight excluding hydrogens is 226 g/mol. The highest BCUT2D eigenvalue weighted by atomic mass is 16.1. The first kappa shape index (κ1) is 11.4. The zero-order valence-electron chi connectivity index (χ0n) is 10.5. The van der Waals surface area contributed by atoms with E-state index >= 15 is 0 Å². The van der Waals surface area contributed by atoms with Crippen molar-refractivity contribution in [1.82, 2.24) is 14.7 Å². The van der Waals surface area contributed by atoms with Crippen LogP contribution in [0.15, 0.2) is 29.1 Å². The molecule has 0 bridgehead atoms. The Kier molecular flexibility index (Phi) is 2.88. The third-order valence-corrected chi connectivity index (χ3v) is 3.62. The standard InChI is InChI=1S/C14H17N3O/c1-10-4-2-6-13-16-12(8-14(18)17(10)13)11-5-3-7-15-9-11/h2,4,6,8,11,15H,3,5,7,9H2,1H3. The second-order valence-electron chi connectivity index (χ2n) is 4.92. The zero-order valence-corrected chi connectivity index (χ0v) is 10.5. The van der Waals surface area contributed by atoms with E-state index in [-0.39, 0.29) is 5.56 Å². The maximum Gasteiger partial charge on any atom is 0.258 e. The number of aromatic nitrogens is 2. The molecule has 3 rings (SSSR count). The quantitative estimate of drug-likeness (QED) is 0.825. The summed E-state index contributed by atoms with van der Waals surface area (Å²) >= 11 is 0. The lowest BCUT2D eigenvalue weighted by molar-refractivity contribution is 0.454. The summed E-state index contributed by atoms with van der Waals surface area (Å²) in [6.45, 7) is 3.93. The molecule has 0 aromatic carbocycles. The van der Waals surface area contributed by atoms with Crippen LogP contribution in [0.4, 0.5) is 0 Å². The first-order chi connectivity index (χ1) is 8.75. The highest BCUT2D eigenvalue weighted by Crippen LogP contribution is 2.20. The molecule has 1 atom stereocenters. The molecule has 18 heavy (non-hydrogen) atoms. The average molecular weight is 243 g/mol. The van der Waals surface area contributed by atoms with Gasteiger partial charge in [-0.1, -0.05) is 6.07 Å². The molecule has 1 aliphatic heterocycles. The van der Waals surface area contributed by atoms with Gasteiger partial charge in [0.15, 0.2) is 0 Å². The molecule has 1 N–H and O–H groups in total. The first-order valence-corrected chi connectivity index (χ1v) is 6.46. The van der Waals surface area contributed by atoms with Crippen LogP contribution in [0, 0.1) is 6.92 Å². The van der Waals surface area contributed by atoms with Crippen LogP contribution in [0.1, 0.15) is 30.1 Å². The monoisotopic (exact) mass is 243 g/mol. The number of piperidine rings is 1. The van der Waals surface area contributed by atoms with Gasteiger partial charge in [0.05, 0.1) is 5.69 Å². The summed E-state index contributed by atoms with van der Waals surface area (Å²) in [7, 11) is 0. The molecule has 1 fully saturated rings. The molecule has 2 aromatic rings. The van der Waals surface area contributed by atoms with Crippen LogP contribution in [0.25, 0.3) is 5.65 Å². The van der Waals surface area contributed by atoms with E-state index in [1.54, 1.807) is 10.5 Å². The topological polar surface area (TPSA) is 46.4 Å². The number of nitrogens with one attached hydrogen (secondary N) is 1. The molecule has 0 spiro atoms. The van der Waals surface area contributed by atoms with Gasteiger partial charge in [0, 0.05) is 24.2 Å². The van der Waals surface area contributed by atoms with Crippen LogP contribution < -0.4 is 10.9 Å². The predicted molar refractivity (Wildman–Crippen MR) is 71.0 cm³/mol. The van der Waals surface area contributed by atoms with Crippen molar-refractivity contribution in [2.45, 2.75) is 25.7 Å². The van der Waals surface area contributed by atoms with Gasteiger partial charge in [0.25, 0.3) is 5.56 Å².